The predicted octanol–water partition coefficient (Wildman–Crippen LogP) is 16.0. The molecule has 0 fully saturated rings. The highest BCUT2D eigenvalue weighted by atomic mass is 16.3. The average molecular weight is 723 g/mol. The zero-order valence-electron chi connectivity index (χ0n) is 31.0. The van der Waals surface area contributed by atoms with Crippen molar-refractivity contribution in [2.75, 3.05) is 0 Å². The molecule has 0 saturated carbocycles. The Hall–Kier alpha value is -7.48. The van der Waals surface area contributed by atoms with E-state index in [-0.39, 0.29) is 0 Å². The van der Waals surface area contributed by atoms with E-state index in [1.54, 1.807) is 0 Å². The fourth-order valence-electron chi connectivity index (χ4n) is 9.16. The first kappa shape index (κ1) is 31.8. The van der Waals surface area contributed by atoms with Crippen LogP contribution in [0.5, 0.6) is 0 Å². The van der Waals surface area contributed by atoms with Gasteiger partial charge in [-0.2, -0.15) is 0 Å². The van der Waals surface area contributed by atoms with Gasteiger partial charge in [0.05, 0.1) is 0 Å². The molecule has 1 heterocycles. The molecule has 0 aliphatic carbocycles. The Morgan fingerprint density at radius 1 is 0.211 bits per heavy atom. The molecule has 0 aliphatic heterocycles. The maximum absolute atomic E-state index is 6.46. The van der Waals surface area contributed by atoms with Crippen LogP contribution in [0.15, 0.2) is 211 Å². The molecule has 0 saturated heterocycles. The van der Waals surface area contributed by atoms with E-state index >= 15 is 0 Å². The topological polar surface area (TPSA) is 13.1 Å². The Morgan fingerprint density at radius 3 is 1.30 bits per heavy atom. The smallest absolute Gasteiger partial charge is 0.136 e. The Kier molecular flexibility index (Phi) is 7.00. The lowest BCUT2D eigenvalue weighted by molar-refractivity contribution is 0.669. The number of furan rings is 1. The molecule has 0 bridgehead atoms. The molecule has 1 nitrogen and oxygen atoms in total. The summed E-state index contributed by atoms with van der Waals surface area (Å²) in [5.74, 6) is 0. The van der Waals surface area contributed by atoms with Crippen LogP contribution in [0.4, 0.5) is 0 Å². The van der Waals surface area contributed by atoms with Gasteiger partial charge in [0.25, 0.3) is 0 Å². The average Bonchev–Trinajstić information content (AvgIpc) is 3.63. The molecule has 0 N–H and O–H groups in total. The molecular weight excluding hydrogens is 689 g/mol. The van der Waals surface area contributed by atoms with Crippen molar-refractivity contribution in [3.63, 3.8) is 0 Å². The lowest BCUT2D eigenvalue weighted by Crippen LogP contribution is -1.92. The van der Waals surface area contributed by atoms with Gasteiger partial charge < -0.3 is 4.42 Å². The van der Waals surface area contributed by atoms with Gasteiger partial charge in [-0.1, -0.05) is 164 Å². The van der Waals surface area contributed by atoms with Crippen molar-refractivity contribution in [1.29, 1.82) is 0 Å². The van der Waals surface area contributed by atoms with Crippen LogP contribution in [0.2, 0.25) is 0 Å². The van der Waals surface area contributed by atoms with Gasteiger partial charge >= 0.3 is 0 Å². The summed E-state index contributed by atoms with van der Waals surface area (Å²) in [4.78, 5) is 0. The summed E-state index contributed by atoms with van der Waals surface area (Å²) in [7, 11) is 0. The van der Waals surface area contributed by atoms with E-state index in [9.17, 15) is 0 Å². The minimum absolute atomic E-state index is 0.902. The van der Waals surface area contributed by atoms with E-state index in [1.165, 1.54) is 98.4 Å². The maximum atomic E-state index is 6.46. The Bertz CT molecular complexity index is 3570. The van der Waals surface area contributed by atoms with Gasteiger partial charge in [-0.05, 0) is 141 Å². The van der Waals surface area contributed by atoms with Crippen LogP contribution in [0.3, 0.4) is 0 Å². The molecule has 0 unspecified atom stereocenters. The van der Waals surface area contributed by atoms with Crippen molar-refractivity contribution < 1.29 is 4.42 Å². The summed E-state index contributed by atoms with van der Waals surface area (Å²) in [6.45, 7) is 0. The highest BCUT2D eigenvalue weighted by Crippen LogP contribution is 2.46. The van der Waals surface area contributed by atoms with E-state index in [1.807, 2.05) is 0 Å². The zero-order valence-corrected chi connectivity index (χ0v) is 31.0. The highest BCUT2D eigenvalue weighted by molar-refractivity contribution is 6.23. The Balaban J connectivity index is 1.10. The van der Waals surface area contributed by atoms with E-state index in [0.717, 1.165) is 21.9 Å². The molecule has 11 aromatic carbocycles. The van der Waals surface area contributed by atoms with Crippen LogP contribution in [0, 0.1) is 0 Å². The minimum Gasteiger partial charge on any atom is -0.456 e. The van der Waals surface area contributed by atoms with Gasteiger partial charge in [0.1, 0.15) is 11.2 Å². The molecular formula is C56H34O. The van der Waals surface area contributed by atoms with Crippen molar-refractivity contribution in [1.82, 2.24) is 0 Å². The van der Waals surface area contributed by atoms with Gasteiger partial charge in [0.2, 0.25) is 0 Å². The lowest BCUT2D eigenvalue weighted by Gasteiger charge is -2.19. The molecule has 0 aliphatic rings. The standard InChI is InChI=1S/C56H34O/c1-3-11-39-29-43(23-19-35(39)9-1)37-17-21-38(22-18-37)55-47-15-7-8-16-48(47)56(49-27-25-45(32-52(49)55)44-24-20-36-10-2-4-12-40(36)30-44)46-26-28-53-50(33-46)51-31-41-13-5-6-14-42(41)34-54(51)57-53/h1-34H. The molecule has 1 heteroatoms. The zero-order chi connectivity index (χ0) is 37.5. The summed E-state index contributed by atoms with van der Waals surface area (Å²) < 4.78 is 6.46. The molecule has 12 aromatic rings. The first-order valence-electron chi connectivity index (χ1n) is 19.6. The molecule has 0 atom stereocenters. The quantitative estimate of drug-likeness (QED) is 0.165. The monoisotopic (exact) mass is 722 g/mol. The molecule has 57 heavy (non-hydrogen) atoms. The van der Waals surface area contributed by atoms with Crippen molar-refractivity contribution in [2.45, 2.75) is 0 Å². The van der Waals surface area contributed by atoms with Crippen molar-refractivity contribution in [3.8, 4) is 44.5 Å². The largest absolute Gasteiger partial charge is 0.456 e. The third kappa shape index (κ3) is 5.17. The normalized spacial score (nSPS) is 11.9. The first-order valence-corrected chi connectivity index (χ1v) is 19.6. The second-order valence-electron chi connectivity index (χ2n) is 15.3. The van der Waals surface area contributed by atoms with E-state index in [2.05, 4.69) is 206 Å². The van der Waals surface area contributed by atoms with Crippen LogP contribution >= 0.6 is 0 Å². The second kappa shape index (κ2) is 12.5. The molecule has 0 amide bonds. The summed E-state index contributed by atoms with van der Waals surface area (Å²) in [5.41, 5.74) is 11.5. The van der Waals surface area contributed by atoms with Crippen molar-refractivity contribution >= 4 is 75.8 Å². The SMILES string of the molecule is c1ccc2cc(-c3ccc(-c4c5ccccc5c(-c5ccc6oc7cc8ccccc8cc7c6c5)c5ccc(-c6ccc7ccccc7c6)cc45)cc3)ccc2c1. The molecule has 1 aromatic heterocycles. The van der Waals surface area contributed by atoms with Crippen LogP contribution in [0.1, 0.15) is 0 Å². The number of benzene rings is 11. The van der Waals surface area contributed by atoms with Gasteiger partial charge in [-0.15, -0.1) is 0 Å². The van der Waals surface area contributed by atoms with Crippen molar-refractivity contribution in [2.24, 2.45) is 0 Å². The van der Waals surface area contributed by atoms with E-state index in [0.29, 0.717) is 0 Å². The van der Waals surface area contributed by atoms with Gasteiger partial charge in [-0.25, -0.2) is 0 Å². The summed E-state index contributed by atoms with van der Waals surface area (Å²) in [6.07, 6.45) is 0. The number of fused-ring (bicyclic) bond motifs is 8. The fourth-order valence-corrected chi connectivity index (χ4v) is 9.16. The molecule has 0 spiro atoms. The Labute approximate surface area is 329 Å². The van der Waals surface area contributed by atoms with Gasteiger partial charge in [0, 0.05) is 10.8 Å². The first-order chi connectivity index (χ1) is 28.2. The third-order valence-corrected chi connectivity index (χ3v) is 12.0. The Morgan fingerprint density at radius 2 is 0.632 bits per heavy atom. The van der Waals surface area contributed by atoms with Gasteiger partial charge in [-0.3, -0.25) is 0 Å². The van der Waals surface area contributed by atoms with Crippen LogP contribution in [-0.2, 0) is 0 Å². The predicted molar refractivity (Wildman–Crippen MR) is 243 cm³/mol. The summed E-state index contributed by atoms with van der Waals surface area (Å²) >= 11 is 0. The maximum Gasteiger partial charge on any atom is 0.136 e. The van der Waals surface area contributed by atoms with E-state index < -0.39 is 0 Å². The molecule has 264 valence electrons. The summed E-state index contributed by atoms with van der Waals surface area (Å²) in [5, 5.41) is 14.6. The highest BCUT2D eigenvalue weighted by Gasteiger charge is 2.19. The van der Waals surface area contributed by atoms with Crippen LogP contribution < -0.4 is 0 Å². The van der Waals surface area contributed by atoms with Crippen LogP contribution in [0.25, 0.3) is 120 Å². The number of hydrogen-bond donors (Lipinski definition) is 0. The van der Waals surface area contributed by atoms with Gasteiger partial charge in [0.15, 0.2) is 0 Å². The minimum atomic E-state index is 0.902. The van der Waals surface area contributed by atoms with Crippen LogP contribution in [-0.4, -0.2) is 0 Å². The summed E-state index contributed by atoms with van der Waals surface area (Å²) in [6, 6.07) is 75.6. The van der Waals surface area contributed by atoms with Crippen molar-refractivity contribution in [3.05, 3.63) is 206 Å². The lowest BCUT2D eigenvalue weighted by atomic mass is 9.84. The third-order valence-electron chi connectivity index (χ3n) is 12.0. The number of rotatable bonds is 4. The second-order valence-corrected chi connectivity index (χ2v) is 15.3. The van der Waals surface area contributed by atoms with E-state index in [4.69, 9.17) is 4.42 Å². The number of hydrogen-bond acceptors (Lipinski definition) is 1. The fraction of sp³-hybridized carbons (Fsp3) is 0. The molecule has 12 rings (SSSR count). The molecule has 0 radical (unpaired) electrons.